The quantitative estimate of drug-likeness (QED) is 0.602. The van der Waals surface area contributed by atoms with Gasteiger partial charge in [-0.25, -0.2) is 0 Å². The lowest BCUT2D eigenvalue weighted by molar-refractivity contribution is 0.389. The van der Waals surface area contributed by atoms with E-state index in [-0.39, 0.29) is 0 Å². The van der Waals surface area contributed by atoms with Gasteiger partial charge in [-0.3, -0.25) is 0 Å². The van der Waals surface area contributed by atoms with Gasteiger partial charge in [-0.1, -0.05) is 10.3 Å². The fraction of sp³-hybridized carbons (Fsp3) is 0.167. The summed E-state index contributed by atoms with van der Waals surface area (Å²) >= 11 is 0. The fourth-order valence-electron chi connectivity index (χ4n) is 0.721. The molecule has 0 unspecified atom stereocenters. The zero-order valence-corrected chi connectivity index (χ0v) is 5.74. The monoisotopic (exact) mass is 150 g/mol. The maximum absolute atomic E-state index is 4.80. The second kappa shape index (κ2) is 2.19. The standard InChI is InChI=1S/C6H4N3O2/c1-4-2-5(9-10-4)6-7-3-8-11-6/h2H,1H3. The molecule has 0 aliphatic carbocycles. The summed E-state index contributed by atoms with van der Waals surface area (Å²) in [6.45, 7) is 1.79. The van der Waals surface area contributed by atoms with Crippen molar-refractivity contribution in [1.82, 2.24) is 15.3 Å². The van der Waals surface area contributed by atoms with Crippen molar-refractivity contribution < 1.29 is 9.05 Å². The van der Waals surface area contributed by atoms with Gasteiger partial charge in [0.05, 0.1) is 0 Å². The summed E-state index contributed by atoms with van der Waals surface area (Å²) in [5, 5.41) is 6.98. The molecule has 0 N–H and O–H groups in total. The molecule has 2 rings (SSSR count). The molecule has 0 spiro atoms. The van der Waals surface area contributed by atoms with Crippen molar-refractivity contribution in [1.29, 1.82) is 0 Å². The molecule has 55 valence electrons. The van der Waals surface area contributed by atoms with Gasteiger partial charge in [0.25, 0.3) is 5.89 Å². The summed E-state index contributed by atoms with van der Waals surface area (Å²) < 4.78 is 9.49. The van der Waals surface area contributed by atoms with E-state index >= 15 is 0 Å². The molecule has 0 aliphatic rings. The third-order valence-electron chi connectivity index (χ3n) is 1.17. The lowest BCUT2D eigenvalue weighted by atomic mass is 10.4. The Morgan fingerprint density at radius 1 is 1.45 bits per heavy atom. The van der Waals surface area contributed by atoms with Gasteiger partial charge in [-0.15, -0.1) is 0 Å². The number of aryl methyl sites for hydroxylation is 1. The summed E-state index contributed by atoms with van der Waals surface area (Å²) in [7, 11) is 0. The Kier molecular flexibility index (Phi) is 1.21. The van der Waals surface area contributed by atoms with E-state index in [0.29, 0.717) is 17.3 Å². The first-order chi connectivity index (χ1) is 5.36. The Bertz CT molecular complexity index is 338. The Hall–Kier alpha value is -1.65. The largest absolute Gasteiger partial charge is 0.361 e. The third-order valence-corrected chi connectivity index (χ3v) is 1.17. The zero-order chi connectivity index (χ0) is 7.68. The Labute approximate surface area is 62.0 Å². The summed E-state index contributed by atoms with van der Waals surface area (Å²) in [6.07, 6.45) is 2.29. The maximum Gasteiger partial charge on any atom is 0.280 e. The van der Waals surface area contributed by atoms with Gasteiger partial charge in [0.15, 0.2) is 5.69 Å². The lowest BCUT2D eigenvalue weighted by Gasteiger charge is -1.77. The molecule has 2 aromatic rings. The van der Waals surface area contributed by atoms with Gasteiger partial charge >= 0.3 is 0 Å². The van der Waals surface area contributed by atoms with Crippen LogP contribution in [0.2, 0.25) is 0 Å². The molecule has 2 heterocycles. The predicted octanol–water partition coefficient (Wildman–Crippen LogP) is 0.833. The molecule has 0 aliphatic heterocycles. The van der Waals surface area contributed by atoms with Crippen LogP contribution in [0.5, 0.6) is 0 Å². The van der Waals surface area contributed by atoms with E-state index in [9.17, 15) is 0 Å². The summed E-state index contributed by atoms with van der Waals surface area (Å²) in [5.74, 6) is 1.03. The van der Waals surface area contributed by atoms with Gasteiger partial charge in [-0.2, -0.15) is 4.98 Å². The summed E-state index contributed by atoms with van der Waals surface area (Å²) in [6, 6.07) is 1.71. The highest BCUT2D eigenvalue weighted by Gasteiger charge is 2.08. The smallest absolute Gasteiger partial charge is 0.280 e. The average Bonchev–Trinajstić information content (AvgIpc) is 2.55. The van der Waals surface area contributed by atoms with Crippen molar-refractivity contribution in [2.45, 2.75) is 6.92 Å². The van der Waals surface area contributed by atoms with Gasteiger partial charge in [0.1, 0.15) is 5.76 Å². The van der Waals surface area contributed by atoms with Crippen LogP contribution in [0.3, 0.4) is 0 Å². The Balaban J connectivity index is 2.45. The van der Waals surface area contributed by atoms with E-state index in [4.69, 9.17) is 9.05 Å². The molecular weight excluding hydrogens is 146 g/mol. The first kappa shape index (κ1) is 6.09. The van der Waals surface area contributed by atoms with E-state index in [0.717, 1.165) is 0 Å². The van der Waals surface area contributed by atoms with Crippen molar-refractivity contribution in [3.05, 3.63) is 18.2 Å². The Morgan fingerprint density at radius 3 is 2.91 bits per heavy atom. The van der Waals surface area contributed by atoms with Crippen molar-refractivity contribution in [3.8, 4) is 11.6 Å². The van der Waals surface area contributed by atoms with Crippen molar-refractivity contribution in [2.75, 3.05) is 0 Å². The molecule has 2 aromatic heterocycles. The minimum Gasteiger partial charge on any atom is -0.361 e. The van der Waals surface area contributed by atoms with Crippen LogP contribution in [0.1, 0.15) is 5.76 Å². The highest BCUT2D eigenvalue weighted by Crippen LogP contribution is 2.14. The molecule has 0 amide bonds. The molecule has 0 aromatic carbocycles. The summed E-state index contributed by atoms with van der Waals surface area (Å²) in [5.41, 5.74) is 0.538. The second-order valence-electron chi connectivity index (χ2n) is 2.02. The molecule has 11 heavy (non-hydrogen) atoms. The summed E-state index contributed by atoms with van der Waals surface area (Å²) in [4.78, 5) is 3.67. The maximum atomic E-state index is 4.80. The highest BCUT2D eigenvalue weighted by atomic mass is 16.5. The fourth-order valence-corrected chi connectivity index (χ4v) is 0.721. The number of nitrogens with zero attached hydrogens (tertiary/aromatic N) is 3. The molecular formula is C6H4N3O2. The Morgan fingerprint density at radius 2 is 2.36 bits per heavy atom. The molecule has 0 atom stereocenters. The van der Waals surface area contributed by atoms with E-state index in [2.05, 4.69) is 21.6 Å². The zero-order valence-electron chi connectivity index (χ0n) is 5.74. The van der Waals surface area contributed by atoms with Crippen molar-refractivity contribution in [3.63, 3.8) is 0 Å². The van der Waals surface area contributed by atoms with E-state index < -0.39 is 0 Å². The lowest BCUT2D eigenvalue weighted by Crippen LogP contribution is -1.73. The number of aromatic nitrogens is 3. The first-order valence-electron chi connectivity index (χ1n) is 3.00. The van der Waals surface area contributed by atoms with Crippen LogP contribution >= 0.6 is 0 Å². The van der Waals surface area contributed by atoms with Crippen LogP contribution in [0.4, 0.5) is 0 Å². The van der Waals surface area contributed by atoms with Crippen LogP contribution in [-0.4, -0.2) is 15.3 Å². The molecule has 0 bridgehead atoms. The van der Waals surface area contributed by atoms with E-state index in [1.165, 1.54) is 0 Å². The van der Waals surface area contributed by atoms with Gasteiger partial charge in [-0.05, 0) is 6.92 Å². The van der Waals surface area contributed by atoms with Crippen molar-refractivity contribution in [2.24, 2.45) is 0 Å². The second-order valence-corrected chi connectivity index (χ2v) is 2.02. The van der Waals surface area contributed by atoms with Crippen LogP contribution in [0.15, 0.2) is 15.1 Å². The molecule has 0 fully saturated rings. The molecule has 5 nitrogen and oxygen atoms in total. The van der Waals surface area contributed by atoms with Gasteiger partial charge < -0.3 is 9.05 Å². The van der Waals surface area contributed by atoms with Crippen LogP contribution in [0, 0.1) is 13.3 Å². The van der Waals surface area contributed by atoms with Gasteiger partial charge in [0.2, 0.25) is 6.33 Å². The normalized spacial score (nSPS) is 10.3. The topological polar surface area (TPSA) is 65.0 Å². The average molecular weight is 150 g/mol. The van der Waals surface area contributed by atoms with Crippen molar-refractivity contribution >= 4 is 0 Å². The SMILES string of the molecule is Cc1cc(-c2n[c]no2)no1. The van der Waals surface area contributed by atoms with Crippen LogP contribution < -0.4 is 0 Å². The molecule has 0 saturated carbocycles. The predicted molar refractivity (Wildman–Crippen MR) is 33.4 cm³/mol. The van der Waals surface area contributed by atoms with E-state index in [1.807, 2.05) is 0 Å². The molecule has 5 heteroatoms. The molecule has 0 saturated heterocycles. The number of hydrogen-bond donors (Lipinski definition) is 0. The third kappa shape index (κ3) is 1.000. The number of rotatable bonds is 1. The van der Waals surface area contributed by atoms with Crippen LogP contribution in [-0.2, 0) is 0 Å². The first-order valence-corrected chi connectivity index (χ1v) is 3.00. The highest BCUT2D eigenvalue weighted by molar-refractivity contribution is 5.44. The molecule has 1 radical (unpaired) electrons. The van der Waals surface area contributed by atoms with E-state index in [1.54, 1.807) is 13.0 Å². The number of hydrogen-bond acceptors (Lipinski definition) is 5. The minimum absolute atomic E-state index is 0.321. The van der Waals surface area contributed by atoms with Gasteiger partial charge in [0, 0.05) is 6.07 Å². The minimum atomic E-state index is 0.321. The van der Waals surface area contributed by atoms with Crippen LogP contribution in [0.25, 0.3) is 11.6 Å².